The highest BCUT2D eigenvalue weighted by atomic mass is 19.1. The van der Waals surface area contributed by atoms with Crippen molar-refractivity contribution >= 4 is 11.6 Å². The lowest BCUT2D eigenvalue weighted by Crippen LogP contribution is -2.13. The van der Waals surface area contributed by atoms with E-state index in [9.17, 15) is 9.18 Å². The molecule has 0 radical (unpaired) electrons. The quantitative estimate of drug-likeness (QED) is 0.860. The number of rotatable bonds is 3. The van der Waals surface area contributed by atoms with E-state index < -0.39 is 0 Å². The number of hydrogen-bond acceptors (Lipinski definition) is 3. The van der Waals surface area contributed by atoms with Crippen LogP contribution in [0.4, 0.5) is 10.1 Å². The minimum atomic E-state index is -0.316. The molecule has 0 spiro atoms. The van der Waals surface area contributed by atoms with Crippen LogP contribution < -0.4 is 5.32 Å². The van der Waals surface area contributed by atoms with Gasteiger partial charge in [-0.05, 0) is 17.7 Å². The summed E-state index contributed by atoms with van der Waals surface area (Å²) in [5, 5.41) is 6.05. The van der Waals surface area contributed by atoms with Crippen molar-refractivity contribution in [1.82, 2.24) is 5.16 Å². The van der Waals surface area contributed by atoms with Crippen molar-refractivity contribution in [3.63, 3.8) is 0 Å². The van der Waals surface area contributed by atoms with E-state index in [-0.39, 0.29) is 18.1 Å². The Morgan fingerprint density at radius 1 is 1.38 bits per heavy atom. The molecular formula is C11H9FN2O2. The van der Waals surface area contributed by atoms with Crippen molar-refractivity contribution in [2.24, 2.45) is 0 Å². The van der Waals surface area contributed by atoms with E-state index in [4.69, 9.17) is 0 Å². The second-order valence-corrected chi connectivity index (χ2v) is 3.26. The van der Waals surface area contributed by atoms with E-state index in [1.165, 1.54) is 24.6 Å². The van der Waals surface area contributed by atoms with E-state index in [1.807, 2.05) is 0 Å². The third kappa shape index (κ3) is 2.66. The Bertz CT molecular complexity index is 465. The van der Waals surface area contributed by atoms with Gasteiger partial charge in [-0.25, -0.2) is 4.39 Å². The van der Waals surface area contributed by atoms with E-state index in [0.717, 1.165) is 5.56 Å². The number of nitrogens with zero attached hydrogens (tertiary/aromatic N) is 1. The molecule has 0 saturated carbocycles. The first kappa shape index (κ1) is 10.4. The molecule has 0 saturated heterocycles. The van der Waals surface area contributed by atoms with Gasteiger partial charge in [0.1, 0.15) is 17.8 Å². The molecule has 0 atom stereocenters. The lowest BCUT2D eigenvalue weighted by atomic mass is 10.1. The van der Waals surface area contributed by atoms with E-state index in [0.29, 0.717) is 5.69 Å². The van der Waals surface area contributed by atoms with Crippen LogP contribution in [-0.2, 0) is 11.2 Å². The Hall–Kier alpha value is -2.17. The summed E-state index contributed by atoms with van der Waals surface area (Å²) in [7, 11) is 0. The summed E-state index contributed by atoms with van der Waals surface area (Å²) in [6.07, 6.45) is 2.93. The van der Waals surface area contributed by atoms with Crippen LogP contribution in [0.2, 0.25) is 0 Å². The summed E-state index contributed by atoms with van der Waals surface area (Å²) in [4.78, 5) is 11.5. The Morgan fingerprint density at radius 2 is 2.12 bits per heavy atom. The van der Waals surface area contributed by atoms with Crippen molar-refractivity contribution in [2.75, 3.05) is 5.32 Å². The molecule has 2 aromatic rings. The third-order valence-corrected chi connectivity index (χ3v) is 1.99. The smallest absolute Gasteiger partial charge is 0.228 e. The Labute approximate surface area is 91.1 Å². The van der Waals surface area contributed by atoms with Crippen molar-refractivity contribution < 1.29 is 13.7 Å². The van der Waals surface area contributed by atoms with Gasteiger partial charge in [-0.1, -0.05) is 17.3 Å². The number of anilines is 1. The van der Waals surface area contributed by atoms with Crippen LogP contribution >= 0.6 is 0 Å². The van der Waals surface area contributed by atoms with E-state index >= 15 is 0 Å². The molecule has 2 rings (SSSR count). The van der Waals surface area contributed by atoms with Gasteiger partial charge < -0.3 is 9.84 Å². The average molecular weight is 220 g/mol. The molecule has 0 bridgehead atoms. The van der Waals surface area contributed by atoms with Gasteiger partial charge in [0.2, 0.25) is 5.91 Å². The number of nitrogens with one attached hydrogen (secondary N) is 1. The van der Waals surface area contributed by atoms with Gasteiger partial charge in [-0.2, -0.15) is 0 Å². The summed E-state index contributed by atoms with van der Waals surface area (Å²) in [6.45, 7) is 0. The Kier molecular flexibility index (Phi) is 2.95. The maximum Gasteiger partial charge on any atom is 0.228 e. The van der Waals surface area contributed by atoms with Gasteiger partial charge in [0, 0.05) is 0 Å². The Balaban J connectivity index is 1.95. The summed E-state index contributed by atoms with van der Waals surface area (Å²) >= 11 is 0. The van der Waals surface area contributed by atoms with Crippen molar-refractivity contribution in [1.29, 1.82) is 0 Å². The molecule has 0 aliphatic heterocycles. The van der Waals surface area contributed by atoms with Gasteiger partial charge >= 0.3 is 0 Å². The van der Waals surface area contributed by atoms with Gasteiger partial charge in [-0.15, -0.1) is 0 Å². The number of benzene rings is 1. The highest BCUT2D eigenvalue weighted by molar-refractivity contribution is 5.91. The maximum atomic E-state index is 12.6. The minimum Gasteiger partial charge on any atom is -0.363 e. The number of carbonyl (C=O) groups excluding carboxylic acids is 1. The summed E-state index contributed by atoms with van der Waals surface area (Å²) in [5.74, 6) is -0.516. The van der Waals surface area contributed by atoms with E-state index in [1.54, 1.807) is 12.1 Å². The maximum absolute atomic E-state index is 12.6. The van der Waals surface area contributed by atoms with Crippen molar-refractivity contribution in [3.05, 3.63) is 48.1 Å². The molecule has 82 valence electrons. The number of amides is 1. The molecule has 0 aliphatic rings. The Morgan fingerprint density at radius 3 is 2.75 bits per heavy atom. The summed E-state index contributed by atoms with van der Waals surface area (Å²) in [5.41, 5.74) is 1.25. The monoisotopic (exact) mass is 220 g/mol. The van der Waals surface area contributed by atoms with Gasteiger partial charge in [0.15, 0.2) is 0 Å². The molecule has 0 aliphatic carbocycles. The first-order chi connectivity index (χ1) is 7.74. The average Bonchev–Trinajstić information content (AvgIpc) is 2.74. The number of hydrogen-bond donors (Lipinski definition) is 1. The molecule has 16 heavy (non-hydrogen) atoms. The lowest BCUT2D eigenvalue weighted by molar-refractivity contribution is -0.115. The predicted molar refractivity (Wildman–Crippen MR) is 55.2 cm³/mol. The van der Waals surface area contributed by atoms with Crippen LogP contribution in [0.3, 0.4) is 0 Å². The predicted octanol–water partition coefficient (Wildman–Crippen LogP) is 1.99. The van der Waals surface area contributed by atoms with E-state index in [2.05, 4.69) is 15.0 Å². The van der Waals surface area contributed by atoms with Gasteiger partial charge in [0.05, 0.1) is 12.6 Å². The van der Waals surface area contributed by atoms with Crippen LogP contribution in [0.5, 0.6) is 0 Å². The number of halogens is 1. The highest BCUT2D eigenvalue weighted by Gasteiger charge is 2.05. The topological polar surface area (TPSA) is 55.1 Å². The number of carbonyl (C=O) groups is 1. The van der Waals surface area contributed by atoms with Crippen LogP contribution in [0.25, 0.3) is 0 Å². The fraction of sp³-hybridized carbons (Fsp3) is 0.0909. The molecule has 5 heteroatoms. The van der Waals surface area contributed by atoms with Crippen LogP contribution in [0.1, 0.15) is 5.56 Å². The third-order valence-electron chi connectivity index (χ3n) is 1.99. The standard InChI is InChI=1S/C11H9FN2O2/c12-9-3-1-8(2-4-9)5-11(15)14-10-6-13-16-7-10/h1-4,6-7H,5H2,(H,14,15). The fourth-order valence-corrected chi connectivity index (χ4v) is 1.26. The van der Waals surface area contributed by atoms with Crippen LogP contribution in [-0.4, -0.2) is 11.1 Å². The molecule has 1 aromatic carbocycles. The molecule has 0 unspecified atom stereocenters. The molecular weight excluding hydrogens is 211 g/mol. The molecule has 1 aromatic heterocycles. The molecule has 0 fully saturated rings. The normalized spacial score (nSPS) is 10.1. The first-order valence-corrected chi connectivity index (χ1v) is 4.68. The lowest BCUT2D eigenvalue weighted by Gasteiger charge is -2.01. The zero-order chi connectivity index (χ0) is 11.4. The largest absolute Gasteiger partial charge is 0.363 e. The summed E-state index contributed by atoms with van der Waals surface area (Å²) in [6, 6.07) is 5.79. The second kappa shape index (κ2) is 4.57. The fourth-order valence-electron chi connectivity index (χ4n) is 1.26. The minimum absolute atomic E-state index is 0.186. The summed E-state index contributed by atoms with van der Waals surface area (Å²) < 4.78 is 17.2. The zero-order valence-corrected chi connectivity index (χ0v) is 8.31. The van der Waals surface area contributed by atoms with Crippen LogP contribution in [0, 0.1) is 5.82 Å². The molecule has 4 nitrogen and oxygen atoms in total. The van der Waals surface area contributed by atoms with Crippen molar-refractivity contribution in [2.45, 2.75) is 6.42 Å². The first-order valence-electron chi connectivity index (χ1n) is 4.68. The molecule has 1 amide bonds. The van der Waals surface area contributed by atoms with Crippen molar-refractivity contribution in [3.8, 4) is 0 Å². The van der Waals surface area contributed by atoms with Crippen LogP contribution in [0.15, 0.2) is 41.2 Å². The number of aromatic nitrogens is 1. The second-order valence-electron chi connectivity index (χ2n) is 3.26. The highest BCUT2D eigenvalue weighted by Crippen LogP contribution is 2.07. The van der Waals surface area contributed by atoms with Gasteiger partial charge in [0.25, 0.3) is 0 Å². The SMILES string of the molecule is O=C(Cc1ccc(F)cc1)Nc1cnoc1. The molecule has 1 heterocycles. The zero-order valence-electron chi connectivity index (χ0n) is 8.31. The molecule has 1 N–H and O–H groups in total. The van der Waals surface area contributed by atoms with Gasteiger partial charge in [-0.3, -0.25) is 4.79 Å².